The Morgan fingerprint density at radius 1 is 0.387 bits per heavy atom. The van der Waals surface area contributed by atoms with Crippen molar-refractivity contribution >= 4 is 85.3 Å². The second-order valence-corrected chi connectivity index (χ2v) is 43.1. The third-order valence-corrected chi connectivity index (χ3v) is 34.3. The van der Waals surface area contributed by atoms with E-state index in [1.54, 1.807) is 55.2 Å². The molecule has 33 nitrogen and oxygen atoms in total. The highest BCUT2D eigenvalue weighted by Crippen LogP contribution is 2.56. The van der Waals surface area contributed by atoms with E-state index < -0.39 is 106 Å². The monoisotopic (exact) mass is 2070 g/mol. The van der Waals surface area contributed by atoms with Crippen LogP contribution in [0.2, 0.25) is 0 Å². The van der Waals surface area contributed by atoms with Gasteiger partial charge in [-0.1, -0.05) is 0 Å². The van der Waals surface area contributed by atoms with Gasteiger partial charge in [0.05, 0.1) is 114 Å². The SMILES string of the molecule is CC(C)(C(=O)O)n1cc(-c2nc(-c3c[nH]c4ncc(F)cc34)nc(C[C@H]3C4CCC(CC4)[C@@H]3C(=O)O)c2F)cn1.COCCn1cc(-c2nc(-c3c[nH]c4ncc(F)cc34)nc(C[C@H]3C4CCC(CC4)[C@@H]3C(=O)O)c2F)cn1.Cc1csc(-c2nc(-c3c[nH]c4ncc(F)cc34)nc(C[C@H]3C4CCC(CC4)[C@@H]3C(=O)O)c2F)c1.O=C(O)[C@H]1C2CCC(CC2)[C@@H]1Cc1nc(-c2c[nH]c3ncc(F)cc23)nc(-c2cnn(C3CC3)c2)c1F. The number of aryl methyl sites for hydroxylation is 1. The number of carbonyl (C=O) groups is 5. The maximum absolute atomic E-state index is 16.2. The van der Waals surface area contributed by atoms with Crippen LogP contribution < -0.4 is 0 Å². The van der Waals surface area contributed by atoms with Crippen LogP contribution in [-0.2, 0) is 66.5 Å². The average molecular weight is 2070 g/mol. The molecule has 0 unspecified atom stereocenters. The van der Waals surface area contributed by atoms with Crippen LogP contribution in [0.4, 0.5) is 35.1 Å². The molecular formula is C108H106F8N22O11S. The largest absolute Gasteiger partial charge is 0.481 e. The third-order valence-electron chi connectivity index (χ3n) is 33.2. The molecule has 0 radical (unpaired) electrons. The van der Waals surface area contributed by atoms with Crippen molar-refractivity contribution in [1.29, 1.82) is 0 Å². The van der Waals surface area contributed by atoms with Gasteiger partial charge < -0.3 is 50.2 Å². The number of ether oxygens (including phenoxy) is 1. The maximum atomic E-state index is 16.2. The van der Waals surface area contributed by atoms with Crippen LogP contribution in [0.25, 0.3) is 134 Å². The molecule has 29 rings (SSSR count). The molecule has 8 bridgehead atoms. The zero-order valence-corrected chi connectivity index (χ0v) is 82.8. The number of aliphatic carboxylic acids is 5. The van der Waals surface area contributed by atoms with Crippen molar-refractivity contribution in [3.8, 4) is 89.9 Å². The summed E-state index contributed by atoms with van der Waals surface area (Å²) in [7, 11) is 1.59. The van der Waals surface area contributed by atoms with Gasteiger partial charge in [-0.3, -0.25) is 33.2 Å². The van der Waals surface area contributed by atoms with E-state index in [9.17, 15) is 67.1 Å². The van der Waals surface area contributed by atoms with Gasteiger partial charge in [-0.05, 0) is 274 Å². The molecule has 13 fully saturated rings. The lowest BCUT2D eigenvalue weighted by Gasteiger charge is -2.46. The van der Waals surface area contributed by atoms with E-state index in [4.69, 9.17) is 4.74 Å². The number of halogens is 8. The quantitative estimate of drug-likeness (QED) is 0.0227. The molecule has 0 amide bonds. The lowest BCUT2D eigenvalue weighted by molar-refractivity contribution is -0.153. The molecule has 0 aromatic carbocycles. The molecule has 16 aromatic rings. The van der Waals surface area contributed by atoms with Crippen LogP contribution in [0.1, 0.15) is 164 Å². The van der Waals surface area contributed by atoms with Crippen molar-refractivity contribution < 1.29 is 89.4 Å². The fourth-order valence-electron chi connectivity index (χ4n) is 25.5. The van der Waals surface area contributed by atoms with Crippen molar-refractivity contribution in [2.24, 2.45) is 94.7 Å². The molecule has 776 valence electrons. The highest BCUT2D eigenvalue weighted by atomic mass is 32.1. The summed E-state index contributed by atoms with van der Waals surface area (Å²) < 4.78 is 130. The predicted octanol–water partition coefficient (Wildman–Crippen LogP) is 20.3. The topological polar surface area (TPSA) is 467 Å². The Bertz CT molecular complexity index is 7920. The molecule has 0 spiro atoms. The number of nitrogens with zero attached hydrogens (tertiary/aromatic N) is 18. The summed E-state index contributed by atoms with van der Waals surface area (Å²) in [6, 6.07) is 7.54. The van der Waals surface area contributed by atoms with Gasteiger partial charge in [0.15, 0.2) is 52.1 Å². The minimum absolute atomic E-state index is 0.0514. The molecule has 0 saturated heterocycles. The molecule has 13 aliphatic rings. The van der Waals surface area contributed by atoms with Crippen LogP contribution >= 0.6 is 11.3 Å². The van der Waals surface area contributed by atoms with E-state index in [-0.39, 0.29) is 171 Å². The standard InChI is InChI=1S/C28H28F2N6O4.C27H28F2N6O3.C27H26F2N6O2.C26H24F2N4O2S/c1-28(2,27(39)40)36-12-15(9-33-36)23-22(30)20(8-17-13-3-5-14(6-4-13)21(17)26(37)38)34-25(35-23)19-11-32-24-18(19)7-16(29)10-31-24;1-38-7-6-35-13-16(10-32-35)24-23(29)21(9-18-14-2-4-15(5-3-14)22(18)27(36)37)33-26(34-24)20-12-31-25-19(20)8-17(28)11-30-25;28-16-7-19-20(11-31-25(19)30-10-16)26-33-21(8-18-13-1-3-14(4-2-13)22(18)27(36)37)23(29)24(34-26)15-9-32-35(12-15)17-5-6-17;1-12-6-20(35-11-12)23-22(28)19(8-16-13-2-4-14(5-3-13)21(16)26(33)34)31-25(32-23)18-10-30-24-17(18)7-15(27)9-29-24/h7,9-14,17,21H,3-6,8H2,1-2H3,(H,31,32)(H,37,38)(H,39,40);8,10-15,18,22H,2-7,9H2,1H3,(H,30,31)(H,36,37);7,9-14,17-18,22H,1-6,8H2,(H,30,31)(H,36,37);6-7,9-11,13-14,16,21H,2-5,8H2,1H3,(H,29,30)(H,33,34)/t13?,14?,17-,21-;14?,15?,18-,22-;13?,14?,18-,22-;13?,14?,16-,21-/m0000/s1. The number of fused-ring (bicyclic) bond motifs is 16. The number of aromatic amines is 4. The van der Waals surface area contributed by atoms with Crippen LogP contribution in [0.15, 0.2) is 122 Å². The number of H-pyrrole nitrogens is 4. The molecule has 16 heterocycles. The zero-order valence-electron chi connectivity index (χ0n) is 82.0. The fourth-order valence-corrected chi connectivity index (χ4v) is 26.4. The Morgan fingerprint density at radius 3 is 1.01 bits per heavy atom. The first-order chi connectivity index (χ1) is 72.3. The molecule has 13 saturated carbocycles. The Labute approximate surface area is 855 Å². The number of aromatic nitrogens is 22. The zero-order chi connectivity index (χ0) is 104. The number of carboxylic acid groups (broad SMARTS) is 5. The van der Waals surface area contributed by atoms with Crippen molar-refractivity contribution in [3.63, 3.8) is 0 Å². The van der Waals surface area contributed by atoms with E-state index in [1.807, 2.05) is 23.1 Å². The van der Waals surface area contributed by atoms with Crippen LogP contribution in [0, 0.1) is 148 Å². The molecule has 0 aliphatic heterocycles. The molecule has 150 heavy (non-hydrogen) atoms. The second-order valence-electron chi connectivity index (χ2n) is 42.2. The Hall–Kier alpha value is -14.8. The molecule has 16 aromatic heterocycles. The van der Waals surface area contributed by atoms with Crippen molar-refractivity contribution in [1.82, 2.24) is 109 Å². The van der Waals surface area contributed by atoms with Crippen molar-refractivity contribution in [2.75, 3.05) is 13.7 Å². The minimum Gasteiger partial charge on any atom is -0.481 e. The normalized spacial score (nSPS) is 23.5. The Morgan fingerprint density at radius 2 is 0.693 bits per heavy atom. The minimum atomic E-state index is -1.40. The Kier molecular flexibility index (Phi) is 27.0. The number of rotatable bonds is 26. The van der Waals surface area contributed by atoms with Gasteiger partial charge in [0.1, 0.15) is 68.6 Å². The number of nitrogens with one attached hydrogen (secondary N) is 4. The lowest BCUT2D eigenvalue weighted by atomic mass is 9.57. The predicted molar refractivity (Wildman–Crippen MR) is 532 cm³/mol. The van der Waals surface area contributed by atoms with Crippen LogP contribution in [0.3, 0.4) is 0 Å². The van der Waals surface area contributed by atoms with Gasteiger partial charge in [-0.25, -0.2) is 99.7 Å². The van der Waals surface area contributed by atoms with Crippen LogP contribution in [0.5, 0.6) is 0 Å². The molecule has 8 atom stereocenters. The van der Waals surface area contributed by atoms with E-state index in [1.165, 1.54) is 72.7 Å². The summed E-state index contributed by atoms with van der Waals surface area (Å²) in [5.41, 5.74) is 5.53. The summed E-state index contributed by atoms with van der Waals surface area (Å²) in [5, 5.41) is 66.4. The van der Waals surface area contributed by atoms with Gasteiger partial charge in [0.2, 0.25) is 0 Å². The summed E-state index contributed by atoms with van der Waals surface area (Å²) >= 11 is 1.40. The molecular weight excluding hydrogens is 1970 g/mol. The highest BCUT2D eigenvalue weighted by Gasteiger charge is 2.53. The number of hydrogen-bond donors (Lipinski definition) is 9. The van der Waals surface area contributed by atoms with Crippen molar-refractivity contribution in [3.05, 3.63) is 197 Å². The highest BCUT2D eigenvalue weighted by molar-refractivity contribution is 7.13. The first kappa shape index (κ1) is 99.8. The molecule has 13 aliphatic carbocycles. The number of carboxylic acids is 5. The fraction of sp³-hybridized carbons (Fsp3) is 0.426. The summed E-state index contributed by atoms with van der Waals surface area (Å²) in [5.74, 6) is -9.68. The Balaban J connectivity index is 0.000000113. The van der Waals surface area contributed by atoms with Gasteiger partial charge in [0, 0.05) is 111 Å². The van der Waals surface area contributed by atoms with E-state index >= 15 is 17.6 Å². The number of methoxy groups -OCH3 is 1. The second kappa shape index (κ2) is 40.6. The summed E-state index contributed by atoms with van der Waals surface area (Å²) in [4.78, 5) is 126. The first-order valence-electron chi connectivity index (χ1n) is 50.9. The third kappa shape index (κ3) is 19.2. The molecule has 42 heteroatoms. The van der Waals surface area contributed by atoms with Crippen LogP contribution in [-0.4, -0.2) is 178 Å². The number of thiophene rings is 1. The van der Waals surface area contributed by atoms with Crippen molar-refractivity contribution in [2.45, 2.75) is 180 Å². The first-order valence-corrected chi connectivity index (χ1v) is 51.8. The average Bonchev–Trinajstić information content (AvgIpc) is 1.23. The van der Waals surface area contributed by atoms with Gasteiger partial charge >= 0.3 is 29.8 Å². The van der Waals surface area contributed by atoms with Gasteiger partial charge in [-0.15, -0.1) is 11.3 Å². The molecule has 9 N–H and O–H groups in total. The lowest BCUT2D eigenvalue weighted by Crippen LogP contribution is -2.45. The maximum Gasteiger partial charge on any atom is 0.331 e. The number of pyridine rings is 4. The summed E-state index contributed by atoms with van der Waals surface area (Å²) in [6.45, 7) is 5.81. The van der Waals surface area contributed by atoms with E-state index in [0.717, 1.165) is 146 Å². The summed E-state index contributed by atoms with van der Waals surface area (Å²) in [6.07, 6.45) is 37.9. The van der Waals surface area contributed by atoms with E-state index in [0.29, 0.717) is 102 Å². The smallest absolute Gasteiger partial charge is 0.331 e. The van der Waals surface area contributed by atoms with Gasteiger partial charge in [0.25, 0.3) is 0 Å². The van der Waals surface area contributed by atoms with E-state index in [2.05, 4.69) is 95.0 Å². The van der Waals surface area contributed by atoms with Gasteiger partial charge in [-0.2, -0.15) is 15.3 Å². The number of hydrogen-bond acceptors (Lipinski definition) is 22.